The molecule has 2 rings (SSSR count). The van der Waals surface area contributed by atoms with Crippen LogP contribution in [0.1, 0.15) is 17.3 Å². The Balaban J connectivity index is 2.02. The van der Waals surface area contributed by atoms with Gasteiger partial charge in [-0.1, -0.05) is 30.3 Å². The molecule has 1 amide bonds. The van der Waals surface area contributed by atoms with Crippen molar-refractivity contribution in [3.63, 3.8) is 0 Å². The lowest BCUT2D eigenvalue weighted by Gasteiger charge is -2.15. The van der Waals surface area contributed by atoms with Gasteiger partial charge in [0.25, 0.3) is 5.91 Å². The van der Waals surface area contributed by atoms with Gasteiger partial charge >= 0.3 is 0 Å². The van der Waals surface area contributed by atoms with E-state index in [-0.39, 0.29) is 5.91 Å². The molecule has 0 saturated heterocycles. The number of nitrogens with one attached hydrogen (secondary N) is 1. The Morgan fingerprint density at radius 3 is 2.45 bits per heavy atom. The summed E-state index contributed by atoms with van der Waals surface area (Å²) >= 11 is 0. The summed E-state index contributed by atoms with van der Waals surface area (Å²) in [5.41, 5.74) is 1.13. The molecule has 0 aromatic heterocycles. The number of hydrogen-bond donors (Lipinski definition) is 1. The Hall–Kier alpha value is -2.62. The van der Waals surface area contributed by atoms with E-state index in [1.807, 2.05) is 18.2 Å². The molecule has 2 aromatic carbocycles. The van der Waals surface area contributed by atoms with Crippen LogP contribution < -0.4 is 10.1 Å². The highest BCUT2D eigenvalue weighted by Crippen LogP contribution is 2.17. The van der Waals surface area contributed by atoms with Gasteiger partial charge in [0.1, 0.15) is 5.75 Å². The molecule has 0 spiro atoms. The van der Waals surface area contributed by atoms with Gasteiger partial charge in [-0.05, 0) is 31.2 Å². The van der Waals surface area contributed by atoms with Crippen LogP contribution in [0.5, 0.6) is 5.75 Å². The Morgan fingerprint density at radius 2 is 1.75 bits per heavy atom. The summed E-state index contributed by atoms with van der Waals surface area (Å²) in [5, 5.41) is 2.75. The molecule has 0 aliphatic heterocycles. The van der Waals surface area contributed by atoms with E-state index in [0.29, 0.717) is 23.3 Å². The predicted molar refractivity (Wildman–Crippen MR) is 77.0 cm³/mol. The molecule has 0 unspecified atom stereocenters. The molecule has 0 aliphatic rings. The van der Waals surface area contributed by atoms with Gasteiger partial charge in [0, 0.05) is 5.69 Å². The van der Waals surface area contributed by atoms with E-state index >= 15 is 0 Å². The van der Waals surface area contributed by atoms with Gasteiger partial charge < -0.3 is 10.1 Å². The number of anilines is 1. The van der Waals surface area contributed by atoms with Gasteiger partial charge in [-0.3, -0.25) is 9.59 Å². The molecule has 0 bridgehead atoms. The van der Waals surface area contributed by atoms with Crippen LogP contribution in [0.25, 0.3) is 0 Å². The zero-order valence-corrected chi connectivity index (χ0v) is 11.1. The highest BCUT2D eigenvalue weighted by Gasteiger charge is 2.16. The third-order valence-corrected chi connectivity index (χ3v) is 2.76. The lowest BCUT2D eigenvalue weighted by atomic mass is 10.2. The number of carbonyl (C=O) groups excluding carboxylic acids is 2. The SMILES string of the molecule is C[C@H](Oc1ccccc1C=O)C(=O)Nc1ccccc1. The maximum Gasteiger partial charge on any atom is 0.265 e. The molecule has 4 nitrogen and oxygen atoms in total. The van der Waals surface area contributed by atoms with Crippen LogP contribution in [-0.4, -0.2) is 18.3 Å². The summed E-state index contributed by atoms with van der Waals surface area (Å²) < 4.78 is 5.53. The fraction of sp³-hybridized carbons (Fsp3) is 0.125. The van der Waals surface area contributed by atoms with Crippen molar-refractivity contribution in [3.05, 3.63) is 60.2 Å². The number of benzene rings is 2. The van der Waals surface area contributed by atoms with E-state index in [2.05, 4.69) is 5.32 Å². The summed E-state index contributed by atoms with van der Waals surface area (Å²) in [7, 11) is 0. The van der Waals surface area contributed by atoms with Crippen molar-refractivity contribution in [2.24, 2.45) is 0 Å². The molecular weight excluding hydrogens is 254 g/mol. The van der Waals surface area contributed by atoms with Crippen molar-refractivity contribution in [3.8, 4) is 5.75 Å². The van der Waals surface area contributed by atoms with Gasteiger partial charge in [-0.25, -0.2) is 0 Å². The van der Waals surface area contributed by atoms with Crippen LogP contribution in [0.15, 0.2) is 54.6 Å². The zero-order chi connectivity index (χ0) is 14.4. The maximum atomic E-state index is 12.0. The summed E-state index contributed by atoms with van der Waals surface area (Å²) in [6.45, 7) is 1.64. The Bertz CT molecular complexity index is 596. The van der Waals surface area contributed by atoms with Crippen LogP contribution >= 0.6 is 0 Å². The minimum Gasteiger partial charge on any atom is -0.480 e. The molecule has 0 aliphatic carbocycles. The number of aldehydes is 1. The molecule has 4 heteroatoms. The molecule has 0 radical (unpaired) electrons. The van der Waals surface area contributed by atoms with E-state index in [4.69, 9.17) is 4.74 Å². The van der Waals surface area contributed by atoms with Crippen molar-refractivity contribution in [2.45, 2.75) is 13.0 Å². The van der Waals surface area contributed by atoms with Crippen molar-refractivity contribution >= 4 is 17.9 Å². The predicted octanol–water partition coefficient (Wildman–Crippen LogP) is 2.91. The lowest BCUT2D eigenvalue weighted by molar-refractivity contribution is -0.122. The van der Waals surface area contributed by atoms with Crippen LogP contribution in [0.3, 0.4) is 0 Å². The van der Waals surface area contributed by atoms with Crippen LogP contribution in [0.2, 0.25) is 0 Å². The van der Waals surface area contributed by atoms with Gasteiger partial charge in [0.2, 0.25) is 0 Å². The van der Waals surface area contributed by atoms with Crippen LogP contribution in [0.4, 0.5) is 5.69 Å². The second kappa shape index (κ2) is 6.52. The third kappa shape index (κ3) is 3.45. The third-order valence-electron chi connectivity index (χ3n) is 2.76. The van der Waals surface area contributed by atoms with Crippen LogP contribution in [-0.2, 0) is 4.79 Å². The quantitative estimate of drug-likeness (QED) is 0.849. The molecule has 1 N–H and O–H groups in total. The van der Waals surface area contributed by atoms with E-state index in [0.717, 1.165) is 0 Å². The molecule has 0 saturated carbocycles. The number of carbonyl (C=O) groups is 2. The van der Waals surface area contributed by atoms with Gasteiger partial charge in [-0.15, -0.1) is 0 Å². The van der Waals surface area contributed by atoms with Crippen molar-refractivity contribution in [2.75, 3.05) is 5.32 Å². The molecule has 2 aromatic rings. The van der Waals surface area contributed by atoms with E-state index in [1.165, 1.54) is 0 Å². The highest BCUT2D eigenvalue weighted by atomic mass is 16.5. The summed E-state index contributed by atoms with van der Waals surface area (Å²) in [4.78, 5) is 22.9. The number of amides is 1. The first-order valence-electron chi connectivity index (χ1n) is 6.27. The molecule has 0 fully saturated rings. The molecule has 0 heterocycles. The molecule has 1 atom stereocenters. The average molecular weight is 269 g/mol. The molecule has 102 valence electrons. The first-order chi connectivity index (χ1) is 9.70. The maximum absolute atomic E-state index is 12.0. The summed E-state index contributed by atoms with van der Waals surface area (Å²) in [5.74, 6) is 0.134. The summed E-state index contributed by atoms with van der Waals surface area (Å²) in [6, 6.07) is 15.9. The van der Waals surface area contributed by atoms with Crippen LogP contribution in [0, 0.1) is 0 Å². The Kier molecular flexibility index (Phi) is 4.50. The van der Waals surface area contributed by atoms with Gasteiger partial charge in [0.05, 0.1) is 5.56 Å². The largest absolute Gasteiger partial charge is 0.480 e. The van der Waals surface area contributed by atoms with Crippen molar-refractivity contribution in [1.29, 1.82) is 0 Å². The average Bonchev–Trinajstić information content (AvgIpc) is 2.48. The second-order valence-electron chi connectivity index (χ2n) is 4.27. The molecular formula is C16H15NO3. The van der Waals surface area contributed by atoms with E-state index in [9.17, 15) is 9.59 Å². The standard InChI is InChI=1S/C16H15NO3/c1-12(16(19)17-14-8-3-2-4-9-14)20-15-10-6-5-7-13(15)11-18/h2-12H,1H3,(H,17,19)/t12-/m0/s1. The highest BCUT2D eigenvalue weighted by molar-refractivity contribution is 5.94. The number of rotatable bonds is 5. The smallest absolute Gasteiger partial charge is 0.265 e. The minimum absolute atomic E-state index is 0.267. The normalized spacial score (nSPS) is 11.4. The second-order valence-corrected chi connectivity index (χ2v) is 4.27. The van der Waals surface area contributed by atoms with E-state index < -0.39 is 6.10 Å². The first kappa shape index (κ1) is 13.8. The monoisotopic (exact) mass is 269 g/mol. The zero-order valence-electron chi connectivity index (χ0n) is 11.1. The Morgan fingerprint density at radius 1 is 1.10 bits per heavy atom. The van der Waals surface area contributed by atoms with Crippen molar-refractivity contribution < 1.29 is 14.3 Å². The van der Waals surface area contributed by atoms with Gasteiger partial charge in [-0.2, -0.15) is 0 Å². The van der Waals surface area contributed by atoms with Crippen molar-refractivity contribution in [1.82, 2.24) is 0 Å². The van der Waals surface area contributed by atoms with Gasteiger partial charge in [0.15, 0.2) is 12.4 Å². The topological polar surface area (TPSA) is 55.4 Å². The minimum atomic E-state index is -0.698. The molecule has 20 heavy (non-hydrogen) atoms. The first-order valence-corrected chi connectivity index (χ1v) is 6.27. The van der Waals surface area contributed by atoms with E-state index in [1.54, 1.807) is 43.3 Å². The number of hydrogen-bond acceptors (Lipinski definition) is 3. The fourth-order valence-electron chi connectivity index (χ4n) is 1.69. The lowest BCUT2D eigenvalue weighted by Crippen LogP contribution is -2.30. The Labute approximate surface area is 117 Å². The number of ether oxygens (including phenoxy) is 1. The fourth-order valence-corrected chi connectivity index (χ4v) is 1.69. The number of para-hydroxylation sites is 2. The summed E-state index contributed by atoms with van der Waals surface area (Å²) in [6.07, 6.45) is 0.00765.